The average Bonchev–Trinajstić information content (AvgIpc) is 2.82. The van der Waals surface area contributed by atoms with Crippen LogP contribution in [0.3, 0.4) is 0 Å². The smallest absolute Gasteiger partial charge is 0.416 e. The number of ketones is 1. The lowest BCUT2D eigenvalue weighted by atomic mass is 9.70. The second-order valence-electron chi connectivity index (χ2n) is 8.49. The van der Waals surface area contributed by atoms with Crippen LogP contribution in [0.1, 0.15) is 40.7 Å². The van der Waals surface area contributed by atoms with Gasteiger partial charge < -0.3 is 19.5 Å². The van der Waals surface area contributed by atoms with Crippen molar-refractivity contribution in [2.75, 3.05) is 33.5 Å². The Morgan fingerprint density at radius 2 is 1.95 bits per heavy atom. The van der Waals surface area contributed by atoms with Gasteiger partial charge in [-0.2, -0.15) is 22.0 Å². The second kappa shape index (κ2) is 13.1. The number of nitrogens with zero attached hydrogens (tertiary/aromatic N) is 1. The van der Waals surface area contributed by atoms with Crippen molar-refractivity contribution >= 4 is 24.0 Å². The third-order valence-electron chi connectivity index (χ3n) is 6.05. The van der Waals surface area contributed by atoms with E-state index in [9.17, 15) is 26.7 Å². The van der Waals surface area contributed by atoms with E-state index < -0.39 is 23.8 Å². The minimum Gasteiger partial charge on any atom is -0.496 e. The summed E-state index contributed by atoms with van der Waals surface area (Å²) in [7, 11) is 3.13. The van der Waals surface area contributed by atoms with Crippen LogP contribution >= 0.6 is 11.8 Å². The van der Waals surface area contributed by atoms with Gasteiger partial charge in [-0.1, -0.05) is 12.1 Å². The van der Waals surface area contributed by atoms with Crippen molar-refractivity contribution in [2.24, 2.45) is 0 Å². The molecule has 204 valence electrons. The highest BCUT2D eigenvalue weighted by molar-refractivity contribution is 7.98. The molecule has 0 radical (unpaired) electrons. The Balaban J connectivity index is 0.00000153. The summed E-state index contributed by atoms with van der Waals surface area (Å²) in [5, 5.41) is 6.89. The first-order valence-corrected chi connectivity index (χ1v) is 12.3. The average molecular weight is 550 g/mol. The van der Waals surface area contributed by atoms with Crippen LogP contribution in [-0.2, 0) is 16.4 Å². The predicted molar refractivity (Wildman–Crippen MR) is 129 cm³/mol. The zero-order valence-electron chi connectivity index (χ0n) is 20.5. The number of carbonyl (C=O) groups is 2. The standard InChI is InChI=1S/C24H26F5NO3S.CH2O2/c1-30-9-5-8-23(14-30,15-6-4-7-17(10-15)33-22(25)26)13-18(31)21-19(32-2)11-16(24(27,28)29)12-20(21)34-3;2-1-3/h4,6-7,10-12,22H,5,8-9,13-14H2,1-3H3;1H,(H,2,3). The molecule has 0 bridgehead atoms. The lowest BCUT2D eigenvalue weighted by molar-refractivity contribution is -0.137. The summed E-state index contributed by atoms with van der Waals surface area (Å²) in [6, 6.07) is 8.09. The van der Waals surface area contributed by atoms with Crippen LogP contribution < -0.4 is 9.47 Å². The van der Waals surface area contributed by atoms with Crippen molar-refractivity contribution < 1.29 is 46.1 Å². The molecule has 1 N–H and O–H groups in total. The van der Waals surface area contributed by atoms with Crippen molar-refractivity contribution in [1.82, 2.24) is 4.90 Å². The number of piperidine rings is 1. The molecule has 0 saturated carbocycles. The molecule has 1 saturated heterocycles. The topological polar surface area (TPSA) is 76.1 Å². The molecule has 37 heavy (non-hydrogen) atoms. The molecule has 0 aliphatic carbocycles. The molecule has 1 atom stereocenters. The Hall–Kier alpha value is -2.86. The van der Waals surface area contributed by atoms with E-state index in [1.165, 1.54) is 19.2 Å². The van der Waals surface area contributed by atoms with Crippen molar-refractivity contribution in [2.45, 2.75) is 42.4 Å². The quantitative estimate of drug-likeness (QED) is 0.188. The fourth-order valence-corrected chi connectivity index (χ4v) is 5.26. The number of ether oxygens (including phenoxy) is 2. The maximum atomic E-state index is 13.6. The first-order chi connectivity index (χ1) is 17.4. The van der Waals surface area contributed by atoms with Gasteiger partial charge in [0.2, 0.25) is 0 Å². The first kappa shape index (κ1) is 30.4. The Morgan fingerprint density at radius 1 is 1.27 bits per heavy atom. The van der Waals surface area contributed by atoms with Crippen LogP contribution in [0.4, 0.5) is 22.0 Å². The van der Waals surface area contributed by atoms with Crippen LogP contribution in [0.5, 0.6) is 11.5 Å². The Labute approximate surface area is 215 Å². The largest absolute Gasteiger partial charge is 0.496 e. The molecule has 0 amide bonds. The van der Waals surface area contributed by atoms with Crippen molar-refractivity contribution in [3.63, 3.8) is 0 Å². The maximum Gasteiger partial charge on any atom is 0.416 e. The molecule has 1 fully saturated rings. The fraction of sp³-hybridized carbons (Fsp3) is 0.440. The molecule has 1 heterocycles. The summed E-state index contributed by atoms with van der Waals surface area (Å²) in [4.78, 5) is 24.2. The number of thioether (sulfide) groups is 1. The summed E-state index contributed by atoms with van der Waals surface area (Å²) < 4.78 is 75.4. The van der Waals surface area contributed by atoms with Gasteiger partial charge >= 0.3 is 12.8 Å². The minimum atomic E-state index is -4.59. The molecule has 2 aromatic rings. The zero-order valence-corrected chi connectivity index (χ0v) is 21.3. The van der Waals surface area contributed by atoms with E-state index in [1.54, 1.807) is 18.4 Å². The number of methoxy groups -OCH3 is 1. The molecule has 1 aliphatic heterocycles. The molecule has 0 spiro atoms. The number of likely N-dealkylation sites (N-methyl/N-ethyl adjacent to an activating group) is 1. The molecule has 12 heteroatoms. The summed E-state index contributed by atoms with van der Waals surface area (Å²) >= 11 is 1.04. The molecule has 6 nitrogen and oxygen atoms in total. The van der Waals surface area contributed by atoms with E-state index in [1.807, 2.05) is 7.05 Å². The van der Waals surface area contributed by atoms with E-state index in [0.717, 1.165) is 36.9 Å². The first-order valence-electron chi connectivity index (χ1n) is 11.1. The Morgan fingerprint density at radius 3 is 2.49 bits per heavy atom. The van der Waals surface area contributed by atoms with Crippen LogP contribution in [0.2, 0.25) is 0 Å². The van der Waals surface area contributed by atoms with Crippen LogP contribution in [0.25, 0.3) is 0 Å². The lowest BCUT2D eigenvalue weighted by Crippen LogP contribution is -2.45. The molecule has 3 rings (SSSR count). The summed E-state index contributed by atoms with van der Waals surface area (Å²) in [5.74, 6) is -0.520. The second-order valence-corrected chi connectivity index (χ2v) is 9.33. The number of hydrogen-bond donors (Lipinski definition) is 1. The maximum absolute atomic E-state index is 13.6. The van der Waals surface area contributed by atoms with E-state index in [-0.39, 0.29) is 40.6 Å². The number of hydrogen-bond acceptors (Lipinski definition) is 6. The molecule has 1 unspecified atom stereocenters. The van der Waals surface area contributed by atoms with Crippen LogP contribution in [-0.4, -0.2) is 62.4 Å². The Bertz CT molecular complexity index is 1060. The van der Waals surface area contributed by atoms with Crippen LogP contribution in [0, 0.1) is 0 Å². The van der Waals surface area contributed by atoms with Gasteiger partial charge in [0.1, 0.15) is 11.5 Å². The van der Waals surface area contributed by atoms with Crippen molar-refractivity contribution in [3.05, 3.63) is 53.1 Å². The van der Waals surface area contributed by atoms with Gasteiger partial charge in [-0.3, -0.25) is 9.59 Å². The zero-order chi connectivity index (χ0) is 27.8. The van der Waals surface area contributed by atoms with Gasteiger partial charge in [0.15, 0.2) is 5.78 Å². The van der Waals surface area contributed by atoms with Gasteiger partial charge in [0.05, 0.1) is 18.2 Å². The minimum absolute atomic E-state index is 0.00976. The predicted octanol–water partition coefficient (Wildman–Crippen LogP) is 5.97. The highest BCUT2D eigenvalue weighted by Gasteiger charge is 2.40. The highest BCUT2D eigenvalue weighted by Crippen LogP contribution is 2.43. The number of benzene rings is 2. The molecule has 2 aromatic carbocycles. The molecule has 0 aromatic heterocycles. The van der Waals surface area contributed by atoms with Gasteiger partial charge in [0, 0.05) is 23.3 Å². The number of likely N-dealkylation sites (tertiary alicyclic amines) is 1. The number of carboxylic acid groups (broad SMARTS) is 1. The number of Topliss-reactive ketones (excluding diaryl/α,β-unsaturated/α-hetero) is 1. The molecular weight excluding hydrogens is 521 g/mol. The molecular formula is C25H28F5NO5S. The van der Waals surface area contributed by atoms with E-state index in [4.69, 9.17) is 14.6 Å². The Kier molecular flexibility index (Phi) is 10.7. The van der Waals surface area contributed by atoms with Crippen molar-refractivity contribution in [3.8, 4) is 11.5 Å². The van der Waals surface area contributed by atoms with Gasteiger partial charge in [-0.25, -0.2) is 0 Å². The van der Waals surface area contributed by atoms with E-state index >= 15 is 0 Å². The summed E-state index contributed by atoms with van der Waals surface area (Å²) in [6.45, 7) is -1.94. The fourth-order valence-electron chi connectivity index (χ4n) is 4.59. The van der Waals surface area contributed by atoms with Crippen molar-refractivity contribution in [1.29, 1.82) is 0 Å². The van der Waals surface area contributed by atoms with E-state index in [0.29, 0.717) is 18.5 Å². The number of halogens is 5. The number of carbonyl (C=O) groups excluding carboxylic acids is 1. The van der Waals surface area contributed by atoms with Gasteiger partial charge in [-0.05, 0) is 62.5 Å². The highest BCUT2D eigenvalue weighted by atomic mass is 32.2. The summed E-state index contributed by atoms with van der Waals surface area (Å²) in [5.41, 5.74) is -0.860. The van der Waals surface area contributed by atoms with E-state index in [2.05, 4.69) is 9.64 Å². The SMILES string of the molecule is COc1cc(C(F)(F)F)cc(SC)c1C(=O)CC1(c2cccc(OC(F)F)c2)CCCN(C)C1.O=CO. The van der Waals surface area contributed by atoms with Gasteiger partial charge in [0.25, 0.3) is 6.47 Å². The third-order valence-corrected chi connectivity index (χ3v) is 6.81. The van der Waals surface area contributed by atoms with Gasteiger partial charge in [-0.15, -0.1) is 11.8 Å². The normalized spacial score (nSPS) is 18.1. The summed E-state index contributed by atoms with van der Waals surface area (Å²) in [6.07, 6.45) is -1.63. The van der Waals surface area contributed by atoms with Crippen LogP contribution in [0.15, 0.2) is 41.3 Å². The number of rotatable bonds is 8. The third kappa shape index (κ3) is 7.81. The lowest BCUT2D eigenvalue weighted by Gasteiger charge is -2.42. The number of alkyl halides is 5. The molecule has 1 aliphatic rings. The monoisotopic (exact) mass is 549 g/mol.